The van der Waals surface area contributed by atoms with Gasteiger partial charge in [-0.1, -0.05) is 18.2 Å². The molecule has 1 aromatic carbocycles. The van der Waals surface area contributed by atoms with Gasteiger partial charge in [0.2, 0.25) is 0 Å². The smallest absolute Gasteiger partial charge is 0.250 e. The molecule has 17 heavy (non-hydrogen) atoms. The molecular formula is C14H18N2O. The second-order valence-corrected chi connectivity index (χ2v) is 4.21. The van der Waals surface area contributed by atoms with E-state index in [9.17, 15) is 4.79 Å². The lowest BCUT2D eigenvalue weighted by Crippen LogP contribution is -2.34. The highest BCUT2D eigenvalue weighted by atomic mass is 16.2. The Labute approximate surface area is 102 Å². The third-order valence-corrected chi connectivity index (χ3v) is 3.14. The number of allylic oxidation sites excluding steroid dienone is 1. The molecule has 1 amide bonds. The third-order valence-electron chi connectivity index (χ3n) is 3.14. The minimum Gasteiger partial charge on any atom is -0.326 e. The summed E-state index contributed by atoms with van der Waals surface area (Å²) >= 11 is 0. The maximum atomic E-state index is 12.0. The van der Waals surface area contributed by atoms with E-state index in [0.29, 0.717) is 6.54 Å². The van der Waals surface area contributed by atoms with E-state index in [-0.39, 0.29) is 5.91 Å². The number of nitrogens with two attached hydrogens (primary N) is 1. The summed E-state index contributed by atoms with van der Waals surface area (Å²) in [6.45, 7) is 3.19. The molecule has 3 nitrogen and oxygen atoms in total. The van der Waals surface area contributed by atoms with Crippen LogP contribution in [-0.2, 0) is 17.8 Å². The highest BCUT2D eigenvalue weighted by Gasteiger charge is 2.22. The summed E-state index contributed by atoms with van der Waals surface area (Å²) in [6, 6.07) is 6.03. The first-order valence-electron chi connectivity index (χ1n) is 6.03. The molecular weight excluding hydrogens is 212 g/mol. The minimum absolute atomic E-state index is 0.0580. The summed E-state index contributed by atoms with van der Waals surface area (Å²) in [6.07, 6.45) is 5.42. The molecule has 1 aliphatic heterocycles. The first kappa shape index (κ1) is 11.9. The van der Waals surface area contributed by atoms with Gasteiger partial charge in [-0.2, -0.15) is 0 Å². The van der Waals surface area contributed by atoms with Crippen LogP contribution in [0, 0.1) is 0 Å². The zero-order valence-electron chi connectivity index (χ0n) is 10.1. The van der Waals surface area contributed by atoms with Crippen LogP contribution in [0.25, 0.3) is 0 Å². The molecule has 0 bridgehead atoms. The molecule has 0 saturated heterocycles. The number of rotatable bonds is 2. The highest BCUT2D eigenvalue weighted by molar-refractivity contribution is 6.02. The second-order valence-electron chi connectivity index (χ2n) is 4.21. The average molecular weight is 230 g/mol. The Balaban J connectivity index is 2.41. The molecule has 0 atom stereocenters. The van der Waals surface area contributed by atoms with E-state index < -0.39 is 0 Å². The van der Waals surface area contributed by atoms with Gasteiger partial charge in [-0.25, -0.2) is 0 Å². The molecule has 0 aromatic heterocycles. The molecule has 90 valence electrons. The number of carbonyl (C=O) groups is 1. The summed E-state index contributed by atoms with van der Waals surface area (Å²) < 4.78 is 0. The molecule has 2 N–H and O–H groups in total. The van der Waals surface area contributed by atoms with Gasteiger partial charge in [0.05, 0.1) is 0 Å². The lowest BCUT2D eigenvalue weighted by molar-refractivity contribution is -0.114. The molecule has 3 heteroatoms. The summed E-state index contributed by atoms with van der Waals surface area (Å²) in [5.41, 5.74) is 9.16. The molecule has 0 unspecified atom stereocenters. The van der Waals surface area contributed by atoms with Crippen LogP contribution in [0.1, 0.15) is 24.5 Å². The van der Waals surface area contributed by atoms with Gasteiger partial charge in [-0.05, 0) is 43.0 Å². The van der Waals surface area contributed by atoms with Crippen LogP contribution in [-0.4, -0.2) is 12.5 Å². The van der Waals surface area contributed by atoms with Gasteiger partial charge in [0.1, 0.15) is 0 Å². The molecule has 0 spiro atoms. The van der Waals surface area contributed by atoms with Gasteiger partial charge < -0.3 is 10.6 Å². The van der Waals surface area contributed by atoms with Crippen molar-refractivity contribution in [3.8, 4) is 0 Å². The molecule has 1 heterocycles. The maximum Gasteiger partial charge on any atom is 0.250 e. The standard InChI is InChI=1S/C14H18N2O/c1-2-5-14(17)16-9-4-7-12-11(10-15)6-3-8-13(12)16/h2-3,5-6,8H,4,7,9-10,15H2,1H3/b5-2+. The topological polar surface area (TPSA) is 46.3 Å². The highest BCUT2D eigenvalue weighted by Crippen LogP contribution is 2.29. The third kappa shape index (κ3) is 2.24. The van der Waals surface area contributed by atoms with Crippen LogP contribution in [0.4, 0.5) is 5.69 Å². The van der Waals surface area contributed by atoms with Crippen molar-refractivity contribution in [2.45, 2.75) is 26.3 Å². The molecule has 1 aliphatic rings. The van der Waals surface area contributed by atoms with Gasteiger partial charge >= 0.3 is 0 Å². The molecule has 0 radical (unpaired) electrons. The van der Waals surface area contributed by atoms with Crippen LogP contribution in [0.3, 0.4) is 0 Å². The zero-order valence-corrected chi connectivity index (χ0v) is 10.1. The number of hydrogen-bond acceptors (Lipinski definition) is 2. The van der Waals surface area contributed by atoms with Crippen LogP contribution in [0.2, 0.25) is 0 Å². The van der Waals surface area contributed by atoms with E-state index in [0.717, 1.165) is 30.6 Å². The fraction of sp³-hybridized carbons (Fsp3) is 0.357. The largest absolute Gasteiger partial charge is 0.326 e. The van der Waals surface area contributed by atoms with Crippen LogP contribution < -0.4 is 10.6 Å². The maximum absolute atomic E-state index is 12.0. The van der Waals surface area contributed by atoms with Crippen molar-refractivity contribution >= 4 is 11.6 Å². The predicted molar refractivity (Wildman–Crippen MR) is 69.8 cm³/mol. The Bertz CT molecular complexity index is 452. The fourth-order valence-corrected chi connectivity index (χ4v) is 2.35. The van der Waals surface area contributed by atoms with Crippen molar-refractivity contribution in [3.63, 3.8) is 0 Å². The normalized spacial score (nSPS) is 15.1. The van der Waals surface area contributed by atoms with Crippen molar-refractivity contribution < 1.29 is 4.79 Å². The predicted octanol–water partition coefficient (Wildman–Crippen LogP) is 2.00. The average Bonchev–Trinajstić information content (AvgIpc) is 2.37. The van der Waals surface area contributed by atoms with Gasteiger partial charge in [0.25, 0.3) is 5.91 Å². The zero-order chi connectivity index (χ0) is 12.3. The van der Waals surface area contributed by atoms with E-state index in [1.807, 2.05) is 30.0 Å². The second kappa shape index (κ2) is 5.15. The van der Waals surface area contributed by atoms with E-state index >= 15 is 0 Å². The summed E-state index contributed by atoms with van der Waals surface area (Å²) in [7, 11) is 0. The van der Waals surface area contributed by atoms with Crippen LogP contribution in [0.15, 0.2) is 30.4 Å². The summed E-state index contributed by atoms with van der Waals surface area (Å²) in [5, 5.41) is 0. The quantitative estimate of drug-likeness (QED) is 0.790. The first-order valence-corrected chi connectivity index (χ1v) is 6.03. The Morgan fingerprint density at radius 2 is 2.35 bits per heavy atom. The number of benzene rings is 1. The van der Waals surface area contributed by atoms with Crippen molar-refractivity contribution in [1.29, 1.82) is 0 Å². The van der Waals surface area contributed by atoms with Gasteiger partial charge in [0.15, 0.2) is 0 Å². The van der Waals surface area contributed by atoms with E-state index in [2.05, 4.69) is 0 Å². The van der Waals surface area contributed by atoms with Gasteiger partial charge in [0, 0.05) is 18.8 Å². The fourth-order valence-electron chi connectivity index (χ4n) is 2.35. The number of amides is 1. The lowest BCUT2D eigenvalue weighted by Gasteiger charge is -2.30. The van der Waals surface area contributed by atoms with E-state index in [4.69, 9.17) is 5.73 Å². The van der Waals surface area contributed by atoms with Gasteiger partial charge in [-0.15, -0.1) is 0 Å². The summed E-state index contributed by atoms with van der Waals surface area (Å²) in [4.78, 5) is 13.8. The van der Waals surface area contributed by atoms with Crippen molar-refractivity contribution in [3.05, 3.63) is 41.5 Å². The SMILES string of the molecule is C/C=C/C(=O)N1CCCc2c(CN)cccc21. The summed E-state index contributed by atoms with van der Waals surface area (Å²) in [5.74, 6) is 0.0580. The number of anilines is 1. The van der Waals surface area contributed by atoms with E-state index in [1.54, 1.807) is 12.2 Å². The van der Waals surface area contributed by atoms with Crippen LogP contribution in [0.5, 0.6) is 0 Å². The number of hydrogen-bond donors (Lipinski definition) is 1. The molecule has 1 aromatic rings. The lowest BCUT2D eigenvalue weighted by atomic mass is 9.96. The molecule has 2 rings (SSSR count). The molecule has 0 fully saturated rings. The Morgan fingerprint density at radius 3 is 3.06 bits per heavy atom. The van der Waals surface area contributed by atoms with Crippen molar-refractivity contribution in [2.75, 3.05) is 11.4 Å². The Kier molecular flexibility index (Phi) is 3.59. The monoisotopic (exact) mass is 230 g/mol. The number of nitrogens with zero attached hydrogens (tertiary/aromatic N) is 1. The first-order chi connectivity index (χ1) is 8.27. The van der Waals surface area contributed by atoms with Crippen LogP contribution >= 0.6 is 0 Å². The van der Waals surface area contributed by atoms with Gasteiger partial charge in [-0.3, -0.25) is 4.79 Å². The number of carbonyl (C=O) groups excluding carboxylic acids is 1. The molecule has 0 aliphatic carbocycles. The number of fused-ring (bicyclic) bond motifs is 1. The van der Waals surface area contributed by atoms with E-state index in [1.165, 1.54) is 5.56 Å². The minimum atomic E-state index is 0.0580. The Hall–Kier alpha value is -1.61. The van der Waals surface area contributed by atoms with Crippen molar-refractivity contribution in [2.24, 2.45) is 5.73 Å². The van der Waals surface area contributed by atoms with Crippen molar-refractivity contribution in [1.82, 2.24) is 0 Å². The Morgan fingerprint density at radius 1 is 1.53 bits per heavy atom. The molecule has 0 saturated carbocycles.